The summed E-state index contributed by atoms with van der Waals surface area (Å²) in [5, 5.41) is 1.92. The van der Waals surface area contributed by atoms with E-state index in [1.165, 1.54) is 6.07 Å². The number of carbonyl (C=O) groups is 2. The van der Waals surface area contributed by atoms with E-state index in [9.17, 15) is 13.8 Å². The molecule has 2 amide bonds. The van der Waals surface area contributed by atoms with E-state index in [2.05, 4.69) is 14.1 Å². The van der Waals surface area contributed by atoms with Crippen molar-refractivity contribution in [3.05, 3.63) is 46.6 Å². The van der Waals surface area contributed by atoms with Gasteiger partial charge in [-0.25, -0.2) is 4.21 Å². The Kier molecular flexibility index (Phi) is 8.11. The van der Waals surface area contributed by atoms with Crippen molar-refractivity contribution < 1.29 is 13.8 Å². The number of hydrogen-bond acceptors (Lipinski definition) is 6. The van der Waals surface area contributed by atoms with Crippen molar-refractivity contribution >= 4 is 44.7 Å². The van der Waals surface area contributed by atoms with E-state index >= 15 is 0 Å². The number of amides is 2. The Hall–Kier alpha value is -1.81. The van der Waals surface area contributed by atoms with Crippen molar-refractivity contribution in [2.75, 3.05) is 0 Å². The number of aryl methyl sites for hydroxylation is 1. The number of nitrogens with zero attached hydrogens (tertiary/aromatic N) is 2. The predicted molar refractivity (Wildman–Crippen MR) is 111 cm³/mol. The number of rotatable bonds is 8. The van der Waals surface area contributed by atoms with Gasteiger partial charge in [-0.1, -0.05) is 31.5 Å². The first-order valence-electron chi connectivity index (χ1n) is 8.69. The lowest BCUT2D eigenvalue weighted by Gasteiger charge is -2.13. The van der Waals surface area contributed by atoms with Crippen molar-refractivity contribution in [2.45, 2.75) is 43.4 Å². The number of thiophene rings is 1. The molecule has 0 aliphatic rings. The number of hydrogen-bond donors (Lipinski definition) is 2. The quantitative estimate of drug-likeness (QED) is 0.651. The summed E-state index contributed by atoms with van der Waals surface area (Å²) in [6.45, 7) is 3.84. The Bertz CT molecular complexity index is 937. The molecule has 2 aromatic rings. The predicted octanol–water partition coefficient (Wildman–Crippen LogP) is 3.19. The Morgan fingerprint density at radius 2 is 2.18 bits per heavy atom. The van der Waals surface area contributed by atoms with E-state index < -0.39 is 27.8 Å². The summed E-state index contributed by atoms with van der Waals surface area (Å²) >= 11 is 6.99. The number of nitrogens with one attached hydrogen (secondary N) is 1. The van der Waals surface area contributed by atoms with Crippen molar-refractivity contribution in [1.29, 1.82) is 0 Å². The number of halogens is 1. The average Bonchev–Trinajstić information content (AvgIpc) is 3.07. The molecule has 2 aromatic heterocycles. The third-order valence-electron chi connectivity index (χ3n) is 3.69. The minimum atomic E-state index is -3.52. The van der Waals surface area contributed by atoms with Crippen LogP contribution in [0.4, 0.5) is 0 Å². The van der Waals surface area contributed by atoms with Gasteiger partial charge in [0.05, 0.1) is 11.1 Å². The zero-order chi connectivity index (χ0) is 20.7. The van der Waals surface area contributed by atoms with Crippen LogP contribution in [-0.4, -0.2) is 27.0 Å². The number of pyridine rings is 1. The van der Waals surface area contributed by atoms with Crippen LogP contribution in [0.1, 0.15) is 32.3 Å². The number of aromatic nitrogens is 1. The van der Waals surface area contributed by atoms with E-state index in [0.29, 0.717) is 17.9 Å². The van der Waals surface area contributed by atoms with E-state index in [1.54, 1.807) is 23.8 Å². The first-order valence-corrected chi connectivity index (χ1v) is 11.5. The molecular weight excluding hydrogens is 420 g/mol. The van der Waals surface area contributed by atoms with Crippen LogP contribution in [0.3, 0.4) is 0 Å². The summed E-state index contributed by atoms with van der Waals surface area (Å²) in [5.74, 6) is -1.03. The average molecular weight is 443 g/mol. The van der Waals surface area contributed by atoms with Crippen LogP contribution < -0.4 is 10.5 Å². The van der Waals surface area contributed by atoms with E-state index in [4.69, 9.17) is 17.3 Å². The molecule has 0 aromatic carbocycles. The summed E-state index contributed by atoms with van der Waals surface area (Å²) in [4.78, 5) is 28.8. The zero-order valence-corrected chi connectivity index (χ0v) is 18.0. The largest absolute Gasteiger partial charge is 0.320 e. The van der Waals surface area contributed by atoms with E-state index in [1.807, 2.05) is 19.9 Å². The standard InChI is InChI=1S/C18H23ClN4O3S2/c1-12(2)8-15(20)18(25)23-28(26,17-9-14(19)11-27-17)22-16(24)6-5-13-4-3-7-21-10-13/h3-4,7,9-12,15H,5-6,8,20H2,1-2H3,(H,22,23,24,25,26)/t15-,28?/m0/s1. The molecular formula is C18H23ClN4O3S2. The highest BCUT2D eigenvalue weighted by molar-refractivity contribution is 7.94. The highest BCUT2D eigenvalue weighted by atomic mass is 35.5. The minimum absolute atomic E-state index is 0.0730. The summed E-state index contributed by atoms with van der Waals surface area (Å²) in [6.07, 6.45) is 4.19. The van der Waals surface area contributed by atoms with Gasteiger partial charge < -0.3 is 5.73 Å². The molecule has 152 valence electrons. The minimum Gasteiger partial charge on any atom is -0.320 e. The normalized spacial score (nSPS) is 14.3. The van der Waals surface area contributed by atoms with Crippen LogP contribution >= 0.6 is 22.9 Å². The molecule has 7 nitrogen and oxygen atoms in total. The maximum absolute atomic E-state index is 13.4. The lowest BCUT2D eigenvalue weighted by Crippen LogP contribution is -2.35. The molecule has 2 rings (SSSR count). The van der Waals surface area contributed by atoms with Gasteiger partial charge in [0.25, 0.3) is 5.91 Å². The van der Waals surface area contributed by atoms with Crippen LogP contribution in [0.25, 0.3) is 0 Å². The molecule has 0 aliphatic heterocycles. The fourth-order valence-corrected chi connectivity index (χ4v) is 5.46. The Morgan fingerprint density at radius 1 is 1.43 bits per heavy atom. The van der Waals surface area contributed by atoms with Crippen LogP contribution in [0.15, 0.2) is 44.5 Å². The Morgan fingerprint density at radius 3 is 2.75 bits per heavy atom. The van der Waals surface area contributed by atoms with Gasteiger partial charge in [-0.15, -0.1) is 15.7 Å². The van der Waals surface area contributed by atoms with Crippen molar-refractivity contribution in [2.24, 2.45) is 16.0 Å². The molecule has 2 heterocycles. The van der Waals surface area contributed by atoms with Crippen molar-refractivity contribution in [3.63, 3.8) is 0 Å². The molecule has 28 heavy (non-hydrogen) atoms. The summed E-state index contributed by atoms with van der Waals surface area (Å²) < 4.78 is 19.8. The molecule has 0 spiro atoms. The van der Waals surface area contributed by atoms with E-state index in [-0.39, 0.29) is 16.5 Å². The maximum atomic E-state index is 13.4. The lowest BCUT2D eigenvalue weighted by atomic mass is 10.0. The summed E-state index contributed by atoms with van der Waals surface area (Å²) in [5.41, 5.74) is 6.73. The Labute approximate surface area is 174 Å². The molecule has 0 radical (unpaired) electrons. The maximum Gasteiger partial charge on any atom is 0.272 e. The van der Waals surface area contributed by atoms with Crippen LogP contribution in [0.2, 0.25) is 5.02 Å². The molecule has 1 unspecified atom stereocenters. The first kappa shape index (κ1) is 22.5. The third-order valence-corrected chi connectivity index (χ3v) is 7.33. The molecule has 0 bridgehead atoms. The van der Waals surface area contributed by atoms with Gasteiger partial charge in [-0.3, -0.25) is 19.3 Å². The van der Waals surface area contributed by atoms with Gasteiger partial charge in [-0.05, 0) is 36.5 Å². The van der Waals surface area contributed by atoms with Gasteiger partial charge in [0.15, 0.2) is 9.92 Å². The molecule has 0 saturated carbocycles. The van der Waals surface area contributed by atoms with Crippen molar-refractivity contribution in [1.82, 2.24) is 9.71 Å². The molecule has 3 N–H and O–H groups in total. The monoisotopic (exact) mass is 442 g/mol. The smallest absolute Gasteiger partial charge is 0.272 e. The summed E-state index contributed by atoms with van der Waals surface area (Å²) in [7, 11) is -3.52. The second kappa shape index (κ2) is 10.1. The zero-order valence-electron chi connectivity index (χ0n) is 15.6. The highest BCUT2D eigenvalue weighted by Crippen LogP contribution is 2.25. The first-order chi connectivity index (χ1) is 13.2. The van der Waals surface area contributed by atoms with Gasteiger partial charge in [0, 0.05) is 24.2 Å². The molecule has 0 saturated heterocycles. The van der Waals surface area contributed by atoms with Crippen molar-refractivity contribution in [3.8, 4) is 0 Å². The van der Waals surface area contributed by atoms with Crippen LogP contribution in [0.5, 0.6) is 0 Å². The SMILES string of the molecule is CC(C)C[C@H](N)C(=O)N=S(=O)(NC(=O)CCc1cccnc1)c1cc(Cl)cs1. The van der Waals surface area contributed by atoms with Gasteiger partial charge in [0.2, 0.25) is 5.91 Å². The molecule has 0 aliphatic carbocycles. The molecule has 0 fully saturated rings. The van der Waals surface area contributed by atoms with Gasteiger partial charge in [0.1, 0.15) is 4.21 Å². The van der Waals surface area contributed by atoms with Gasteiger partial charge >= 0.3 is 0 Å². The van der Waals surface area contributed by atoms with E-state index in [0.717, 1.165) is 16.9 Å². The second-order valence-corrected chi connectivity index (χ2v) is 10.1. The van der Waals surface area contributed by atoms with Crippen LogP contribution in [-0.2, 0) is 25.9 Å². The fourth-order valence-electron chi connectivity index (χ4n) is 2.37. The Balaban J connectivity index is 2.21. The topological polar surface area (TPSA) is 115 Å². The fraction of sp³-hybridized carbons (Fsp3) is 0.389. The number of nitrogens with two attached hydrogens (primary N) is 1. The molecule has 2 atom stereocenters. The highest BCUT2D eigenvalue weighted by Gasteiger charge is 2.23. The number of carbonyl (C=O) groups excluding carboxylic acids is 2. The van der Waals surface area contributed by atoms with Crippen LogP contribution in [0, 0.1) is 5.92 Å². The third kappa shape index (κ3) is 6.66. The van der Waals surface area contributed by atoms with Gasteiger partial charge in [-0.2, -0.15) is 0 Å². The second-order valence-electron chi connectivity index (χ2n) is 6.66. The summed E-state index contributed by atoms with van der Waals surface area (Å²) in [6, 6.07) is 4.16. The lowest BCUT2D eigenvalue weighted by molar-refractivity contribution is -0.119. The molecule has 10 heteroatoms.